The molecule has 1 heterocycles. The number of carbonyl (C=O) groups excluding carboxylic acids is 1. The number of nitrogens with two attached hydrogens (primary N) is 1. The van der Waals surface area contributed by atoms with Crippen molar-refractivity contribution < 1.29 is 4.79 Å². The van der Waals surface area contributed by atoms with E-state index in [1.807, 2.05) is 24.8 Å². The van der Waals surface area contributed by atoms with Gasteiger partial charge in [0.15, 0.2) is 0 Å². The first-order valence-corrected chi connectivity index (χ1v) is 7.45. The minimum Gasteiger partial charge on any atom is -0.336 e. The van der Waals surface area contributed by atoms with Crippen molar-refractivity contribution in [1.82, 2.24) is 15.1 Å². The van der Waals surface area contributed by atoms with Crippen molar-refractivity contribution >= 4 is 5.91 Å². The molecule has 2 rings (SSSR count). The smallest absolute Gasteiger partial charge is 0.256 e. The highest BCUT2D eigenvalue weighted by Gasteiger charge is 2.28. The second-order valence-electron chi connectivity index (χ2n) is 5.56. The Morgan fingerprint density at radius 1 is 1.35 bits per heavy atom. The van der Waals surface area contributed by atoms with Crippen LogP contribution >= 0.6 is 0 Å². The van der Waals surface area contributed by atoms with Crippen molar-refractivity contribution in [3.8, 4) is 0 Å². The molecule has 110 valence electrons. The van der Waals surface area contributed by atoms with Crippen LogP contribution in [0.1, 0.15) is 53.8 Å². The first-order chi connectivity index (χ1) is 9.63. The number of carbonyl (C=O) groups is 1. The van der Waals surface area contributed by atoms with Crippen molar-refractivity contribution in [3.63, 3.8) is 0 Å². The number of aryl methyl sites for hydroxylation is 2. The Balaban J connectivity index is 2.22. The Kier molecular flexibility index (Phi) is 5.06. The minimum absolute atomic E-state index is 0.0841. The molecular formula is C15H24N4O. The maximum Gasteiger partial charge on any atom is 0.256 e. The summed E-state index contributed by atoms with van der Waals surface area (Å²) in [6.45, 7) is 5.06. The van der Waals surface area contributed by atoms with E-state index in [1.165, 1.54) is 12.8 Å². The topological polar surface area (TPSA) is 72.1 Å². The standard InChI is InChI=1S/C15H24N4O/c1-11-10-14(12(2)18-17-11)15(20)19(9-5-8-16)13-6-3-4-7-13/h10,13H,3-9,16H2,1-2H3. The summed E-state index contributed by atoms with van der Waals surface area (Å²) in [6.07, 6.45) is 5.48. The van der Waals surface area contributed by atoms with Gasteiger partial charge in [-0.15, -0.1) is 0 Å². The average Bonchev–Trinajstić information content (AvgIpc) is 2.95. The van der Waals surface area contributed by atoms with Gasteiger partial charge in [-0.3, -0.25) is 4.79 Å². The van der Waals surface area contributed by atoms with Gasteiger partial charge in [-0.25, -0.2) is 0 Å². The second kappa shape index (κ2) is 6.79. The molecule has 0 unspecified atom stereocenters. The molecule has 1 fully saturated rings. The van der Waals surface area contributed by atoms with Crippen molar-refractivity contribution in [2.75, 3.05) is 13.1 Å². The van der Waals surface area contributed by atoms with E-state index in [1.54, 1.807) is 0 Å². The summed E-state index contributed by atoms with van der Waals surface area (Å²) in [6, 6.07) is 2.21. The molecule has 1 amide bonds. The van der Waals surface area contributed by atoms with E-state index >= 15 is 0 Å². The van der Waals surface area contributed by atoms with E-state index in [-0.39, 0.29) is 5.91 Å². The molecule has 1 aliphatic rings. The monoisotopic (exact) mass is 276 g/mol. The summed E-state index contributed by atoms with van der Waals surface area (Å²) in [4.78, 5) is 14.8. The lowest BCUT2D eigenvalue weighted by atomic mass is 10.1. The first-order valence-electron chi connectivity index (χ1n) is 7.45. The molecule has 5 nitrogen and oxygen atoms in total. The van der Waals surface area contributed by atoms with Crippen molar-refractivity contribution in [1.29, 1.82) is 0 Å². The Labute approximate surface area is 120 Å². The third-order valence-corrected chi connectivity index (χ3v) is 3.96. The van der Waals surface area contributed by atoms with Gasteiger partial charge in [0.25, 0.3) is 5.91 Å². The molecule has 0 atom stereocenters. The largest absolute Gasteiger partial charge is 0.336 e. The number of amides is 1. The molecule has 0 spiro atoms. The van der Waals surface area contributed by atoms with Crippen LogP contribution in [0.15, 0.2) is 6.07 Å². The summed E-state index contributed by atoms with van der Waals surface area (Å²) in [5, 5.41) is 8.07. The number of nitrogens with zero attached hydrogens (tertiary/aromatic N) is 3. The molecule has 1 aromatic heterocycles. The zero-order valence-corrected chi connectivity index (χ0v) is 12.4. The van der Waals surface area contributed by atoms with E-state index < -0.39 is 0 Å². The molecule has 0 saturated heterocycles. The predicted molar refractivity (Wildman–Crippen MR) is 78.5 cm³/mol. The van der Waals surface area contributed by atoms with E-state index in [9.17, 15) is 4.79 Å². The van der Waals surface area contributed by atoms with Crippen LogP contribution in [0.5, 0.6) is 0 Å². The van der Waals surface area contributed by atoms with Crippen LogP contribution in [0, 0.1) is 13.8 Å². The van der Waals surface area contributed by atoms with Crippen molar-refractivity contribution in [2.45, 2.75) is 52.0 Å². The molecule has 2 N–H and O–H groups in total. The van der Waals surface area contributed by atoms with Crippen molar-refractivity contribution in [3.05, 3.63) is 23.0 Å². The van der Waals surface area contributed by atoms with Crippen LogP contribution in [0.4, 0.5) is 0 Å². The maximum atomic E-state index is 12.8. The number of hydrogen-bond acceptors (Lipinski definition) is 4. The Morgan fingerprint density at radius 3 is 2.70 bits per heavy atom. The predicted octanol–water partition coefficient (Wildman–Crippen LogP) is 1.83. The fraction of sp³-hybridized carbons (Fsp3) is 0.667. The van der Waals surface area contributed by atoms with Crippen LogP contribution in [0.3, 0.4) is 0 Å². The van der Waals surface area contributed by atoms with Crippen LogP contribution in [-0.2, 0) is 0 Å². The molecule has 20 heavy (non-hydrogen) atoms. The van der Waals surface area contributed by atoms with Crippen LogP contribution < -0.4 is 5.73 Å². The number of rotatable bonds is 5. The zero-order chi connectivity index (χ0) is 14.5. The van der Waals surface area contributed by atoms with Gasteiger partial charge >= 0.3 is 0 Å². The fourth-order valence-corrected chi connectivity index (χ4v) is 2.85. The summed E-state index contributed by atoms with van der Waals surface area (Å²) in [5.41, 5.74) is 7.78. The van der Waals surface area contributed by atoms with E-state index in [0.717, 1.165) is 31.5 Å². The summed E-state index contributed by atoms with van der Waals surface area (Å²) < 4.78 is 0. The maximum absolute atomic E-state index is 12.8. The third-order valence-electron chi connectivity index (χ3n) is 3.96. The van der Waals surface area contributed by atoms with Gasteiger partial charge < -0.3 is 10.6 Å². The highest BCUT2D eigenvalue weighted by Crippen LogP contribution is 2.25. The quantitative estimate of drug-likeness (QED) is 0.890. The minimum atomic E-state index is 0.0841. The van der Waals surface area contributed by atoms with Gasteiger partial charge in [-0.05, 0) is 45.7 Å². The normalized spacial score (nSPS) is 15.6. The lowest BCUT2D eigenvalue weighted by Gasteiger charge is -2.29. The molecule has 1 aromatic rings. The molecular weight excluding hydrogens is 252 g/mol. The lowest BCUT2D eigenvalue weighted by Crippen LogP contribution is -2.40. The molecule has 1 aliphatic carbocycles. The fourth-order valence-electron chi connectivity index (χ4n) is 2.85. The van der Waals surface area contributed by atoms with Crippen LogP contribution in [-0.4, -0.2) is 40.1 Å². The average molecular weight is 276 g/mol. The van der Waals surface area contributed by atoms with Gasteiger partial charge in [0, 0.05) is 12.6 Å². The number of aromatic nitrogens is 2. The van der Waals surface area contributed by atoms with Crippen LogP contribution in [0.25, 0.3) is 0 Å². The van der Waals surface area contributed by atoms with Gasteiger partial charge in [-0.1, -0.05) is 12.8 Å². The van der Waals surface area contributed by atoms with Gasteiger partial charge in [-0.2, -0.15) is 10.2 Å². The molecule has 0 radical (unpaired) electrons. The van der Waals surface area contributed by atoms with Crippen molar-refractivity contribution in [2.24, 2.45) is 5.73 Å². The molecule has 1 saturated carbocycles. The molecule has 5 heteroatoms. The Morgan fingerprint density at radius 2 is 2.05 bits per heavy atom. The van der Waals surface area contributed by atoms with Gasteiger partial charge in [0.05, 0.1) is 17.0 Å². The first kappa shape index (κ1) is 14.9. The lowest BCUT2D eigenvalue weighted by molar-refractivity contribution is 0.0678. The Hall–Kier alpha value is -1.49. The summed E-state index contributed by atoms with van der Waals surface area (Å²) in [7, 11) is 0. The van der Waals surface area contributed by atoms with Gasteiger partial charge in [0.1, 0.15) is 0 Å². The summed E-state index contributed by atoms with van der Waals surface area (Å²) >= 11 is 0. The molecule has 0 aliphatic heterocycles. The van der Waals surface area contributed by atoms with E-state index in [2.05, 4.69) is 10.2 Å². The molecule has 0 aromatic carbocycles. The summed E-state index contributed by atoms with van der Waals surface area (Å²) in [5.74, 6) is 0.0841. The molecule has 0 bridgehead atoms. The highest BCUT2D eigenvalue weighted by atomic mass is 16.2. The SMILES string of the molecule is Cc1cc(C(=O)N(CCCN)C2CCCC2)c(C)nn1. The van der Waals surface area contributed by atoms with E-state index in [0.29, 0.717) is 23.8 Å². The van der Waals surface area contributed by atoms with Crippen LogP contribution in [0.2, 0.25) is 0 Å². The third kappa shape index (κ3) is 3.33. The van der Waals surface area contributed by atoms with Gasteiger partial charge in [0.2, 0.25) is 0 Å². The number of hydrogen-bond donors (Lipinski definition) is 1. The zero-order valence-electron chi connectivity index (χ0n) is 12.4. The Bertz CT molecular complexity index is 469. The second-order valence-corrected chi connectivity index (χ2v) is 5.56. The van der Waals surface area contributed by atoms with E-state index in [4.69, 9.17) is 5.73 Å². The highest BCUT2D eigenvalue weighted by molar-refractivity contribution is 5.95.